The molecule has 5 rings (SSSR count). The molecule has 1 aromatic carbocycles. The molecule has 4 aromatic rings. The van der Waals surface area contributed by atoms with Gasteiger partial charge in [-0.1, -0.05) is 24.3 Å². The molecule has 34 heavy (non-hydrogen) atoms. The number of pyridine rings is 1. The van der Waals surface area contributed by atoms with Crippen LogP contribution in [0.1, 0.15) is 54.0 Å². The molecular weight excluding hydrogens is 445 g/mol. The van der Waals surface area contributed by atoms with Crippen LogP contribution in [0.3, 0.4) is 0 Å². The van der Waals surface area contributed by atoms with Gasteiger partial charge in [-0.15, -0.1) is 0 Å². The molecule has 1 saturated carbocycles. The Balaban J connectivity index is 1.61. The van der Waals surface area contributed by atoms with E-state index < -0.39 is 35.6 Å². The zero-order chi connectivity index (χ0) is 23.8. The molecule has 0 aliphatic heterocycles. The van der Waals surface area contributed by atoms with Crippen molar-refractivity contribution < 1.29 is 18.0 Å². The number of hydrogen-bond donors (Lipinski definition) is 1. The summed E-state index contributed by atoms with van der Waals surface area (Å²) in [5, 5.41) is 11.0. The van der Waals surface area contributed by atoms with Crippen molar-refractivity contribution in [2.75, 3.05) is 0 Å². The Hall–Kier alpha value is -3.95. The fourth-order valence-corrected chi connectivity index (χ4v) is 3.80. The molecule has 0 radical (unpaired) electrons. The van der Waals surface area contributed by atoms with Crippen molar-refractivity contribution >= 4 is 5.91 Å². The number of carbonyl (C=O) groups excluding carboxylic acids is 1. The Bertz CT molecular complexity index is 1320. The number of carbonyl (C=O) groups is 1. The van der Waals surface area contributed by atoms with Gasteiger partial charge in [-0.05, 0) is 38.0 Å². The van der Waals surface area contributed by atoms with Crippen LogP contribution >= 0.6 is 0 Å². The van der Waals surface area contributed by atoms with E-state index in [1.807, 2.05) is 36.4 Å². The summed E-state index contributed by atoms with van der Waals surface area (Å²) in [6.45, 7) is 1.60. The maximum Gasteiger partial charge on any atom is 0.283 e. The van der Waals surface area contributed by atoms with Gasteiger partial charge < -0.3 is 5.32 Å². The third kappa shape index (κ3) is 4.07. The van der Waals surface area contributed by atoms with Gasteiger partial charge in [-0.3, -0.25) is 9.78 Å². The highest BCUT2D eigenvalue weighted by Gasteiger charge is 2.34. The minimum Gasteiger partial charge on any atom is -0.349 e. The molecule has 3 heterocycles. The first kappa shape index (κ1) is 21.9. The summed E-state index contributed by atoms with van der Waals surface area (Å²) in [5.74, 6) is -2.00. The van der Waals surface area contributed by atoms with Crippen LogP contribution in [0.4, 0.5) is 13.2 Å². The van der Waals surface area contributed by atoms with Crippen molar-refractivity contribution in [2.24, 2.45) is 0 Å². The van der Waals surface area contributed by atoms with Gasteiger partial charge in [0.05, 0.1) is 17.4 Å². The Morgan fingerprint density at radius 1 is 1.09 bits per heavy atom. The predicted octanol–water partition coefficient (Wildman–Crippen LogP) is 4.71. The number of amides is 1. The summed E-state index contributed by atoms with van der Waals surface area (Å²) in [6.07, 6.45) is 3.42. The number of halogens is 3. The lowest BCUT2D eigenvalue weighted by Crippen LogP contribution is -2.27. The number of alkyl halides is 2. The molecule has 1 aliphatic carbocycles. The Morgan fingerprint density at radius 2 is 1.85 bits per heavy atom. The molecule has 1 atom stereocenters. The average molecular weight is 466 g/mol. The van der Waals surface area contributed by atoms with Gasteiger partial charge in [0.25, 0.3) is 12.3 Å². The number of nitrogens with zero attached hydrogens (tertiary/aromatic N) is 5. The van der Waals surface area contributed by atoms with E-state index in [1.165, 1.54) is 0 Å². The van der Waals surface area contributed by atoms with Crippen LogP contribution in [0.5, 0.6) is 0 Å². The van der Waals surface area contributed by atoms with Gasteiger partial charge in [0, 0.05) is 35.8 Å². The van der Waals surface area contributed by atoms with Crippen molar-refractivity contribution in [2.45, 2.75) is 38.3 Å². The fraction of sp³-hybridized carbons (Fsp3) is 0.250. The normalized spacial score (nSPS) is 14.4. The molecule has 7 nitrogen and oxygen atoms in total. The Kier molecular flexibility index (Phi) is 5.64. The van der Waals surface area contributed by atoms with Crippen LogP contribution < -0.4 is 5.32 Å². The lowest BCUT2D eigenvalue weighted by Gasteiger charge is -2.13. The largest absolute Gasteiger partial charge is 0.349 e. The minimum absolute atomic E-state index is 0.114. The average Bonchev–Trinajstić information content (AvgIpc) is 3.42. The molecule has 1 unspecified atom stereocenters. The molecule has 174 valence electrons. The van der Waals surface area contributed by atoms with E-state index in [9.17, 15) is 13.6 Å². The van der Waals surface area contributed by atoms with Crippen molar-refractivity contribution in [1.29, 1.82) is 0 Å². The van der Waals surface area contributed by atoms with Gasteiger partial charge in [0.1, 0.15) is 11.3 Å². The first-order valence-corrected chi connectivity index (χ1v) is 10.9. The van der Waals surface area contributed by atoms with Crippen LogP contribution in [0.25, 0.3) is 16.8 Å². The molecule has 0 bridgehead atoms. The lowest BCUT2D eigenvalue weighted by atomic mass is 10.1. The fourth-order valence-electron chi connectivity index (χ4n) is 3.80. The van der Waals surface area contributed by atoms with Crippen LogP contribution in [0.15, 0.2) is 61.1 Å². The van der Waals surface area contributed by atoms with E-state index in [-0.39, 0.29) is 6.04 Å². The summed E-state index contributed by atoms with van der Waals surface area (Å²) in [7, 11) is 0. The number of benzene rings is 1. The third-order valence-corrected chi connectivity index (χ3v) is 5.72. The van der Waals surface area contributed by atoms with E-state index >= 15 is 4.39 Å². The number of para-hydroxylation sites is 1. The Morgan fingerprint density at radius 3 is 2.50 bits per heavy atom. The second-order valence-electron chi connectivity index (χ2n) is 8.17. The lowest BCUT2D eigenvalue weighted by molar-refractivity contribution is 0.0931. The predicted molar refractivity (Wildman–Crippen MR) is 118 cm³/mol. The van der Waals surface area contributed by atoms with Gasteiger partial charge in [-0.25, -0.2) is 18.1 Å². The maximum atomic E-state index is 15.4. The van der Waals surface area contributed by atoms with E-state index in [1.54, 1.807) is 36.3 Å². The number of aromatic nitrogens is 5. The summed E-state index contributed by atoms with van der Waals surface area (Å²) in [5.41, 5.74) is 0.923. The van der Waals surface area contributed by atoms with Gasteiger partial charge in [0.2, 0.25) is 5.95 Å². The molecule has 0 saturated heterocycles. The number of rotatable bonds is 7. The molecule has 3 aromatic heterocycles. The van der Waals surface area contributed by atoms with Gasteiger partial charge in [-0.2, -0.15) is 14.6 Å². The molecule has 1 N–H and O–H groups in total. The number of nitrogens with one attached hydrogen (secondary N) is 1. The van der Waals surface area contributed by atoms with Crippen LogP contribution in [-0.2, 0) is 0 Å². The Labute approximate surface area is 193 Å². The third-order valence-electron chi connectivity index (χ3n) is 5.72. The van der Waals surface area contributed by atoms with Gasteiger partial charge in [0.15, 0.2) is 0 Å². The van der Waals surface area contributed by atoms with Crippen molar-refractivity contribution in [3.05, 3.63) is 84.0 Å². The van der Waals surface area contributed by atoms with E-state index in [4.69, 9.17) is 0 Å². The molecule has 1 aliphatic rings. The van der Waals surface area contributed by atoms with Gasteiger partial charge >= 0.3 is 0 Å². The summed E-state index contributed by atoms with van der Waals surface area (Å²) < 4.78 is 45.3. The standard InChI is InChI=1S/C24H21F3N6O/c1-14(33-23(27)19(21(31-33)22(25)26)24(34)29-16-9-10-16)20-18(15-6-5-11-28-12-15)13-32(30-20)17-7-3-2-4-8-17/h2-8,11-14,16,22H,9-10H2,1H3,(H,29,34). The monoisotopic (exact) mass is 466 g/mol. The second-order valence-corrected chi connectivity index (χ2v) is 8.17. The second kappa shape index (κ2) is 8.77. The highest BCUT2D eigenvalue weighted by Crippen LogP contribution is 2.33. The maximum absolute atomic E-state index is 15.4. The summed E-state index contributed by atoms with van der Waals surface area (Å²) in [4.78, 5) is 16.7. The van der Waals surface area contributed by atoms with Crippen LogP contribution in [0, 0.1) is 5.95 Å². The molecule has 1 amide bonds. The first-order chi connectivity index (χ1) is 16.4. The topological polar surface area (TPSA) is 77.6 Å². The zero-order valence-corrected chi connectivity index (χ0v) is 18.2. The van der Waals surface area contributed by atoms with E-state index in [0.29, 0.717) is 11.3 Å². The first-order valence-electron chi connectivity index (χ1n) is 10.9. The summed E-state index contributed by atoms with van der Waals surface area (Å²) >= 11 is 0. The quantitative estimate of drug-likeness (QED) is 0.428. The minimum atomic E-state index is -3.11. The van der Waals surface area contributed by atoms with Crippen LogP contribution in [0.2, 0.25) is 0 Å². The smallest absolute Gasteiger partial charge is 0.283 e. The molecular formula is C24H21F3N6O. The molecule has 1 fully saturated rings. The van der Waals surface area contributed by atoms with Crippen molar-refractivity contribution in [1.82, 2.24) is 29.9 Å². The summed E-state index contributed by atoms with van der Waals surface area (Å²) in [6, 6.07) is 11.9. The number of hydrogen-bond acceptors (Lipinski definition) is 4. The molecule has 10 heteroatoms. The SMILES string of the molecule is CC(c1nn(-c2ccccc2)cc1-c1cccnc1)n1nc(C(F)F)c(C(=O)NC2CC2)c1F. The van der Waals surface area contributed by atoms with Crippen molar-refractivity contribution in [3.63, 3.8) is 0 Å². The zero-order valence-electron chi connectivity index (χ0n) is 18.2. The van der Waals surface area contributed by atoms with E-state index in [2.05, 4.69) is 20.5 Å². The van der Waals surface area contributed by atoms with Crippen molar-refractivity contribution in [3.8, 4) is 16.8 Å². The van der Waals surface area contributed by atoms with E-state index in [0.717, 1.165) is 28.8 Å². The van der Waals surface area contributed by atoms with Crippen LogP contribution in [-0.4, -0.2) is 36.5 Å². The highest BCUT2D eigenvalue weighted by atomic mass is 19.3. The highest BCUT2D eigenvalue weighted by molar-refractivity contribution is 5.95. The molecule has 0 spiro atoms.